The van der Waals surface area contributed by atoms with Gasteiger partial charge in [0.05, 0.1) is 41.9 Å². The molecule has 1 fully saturated rings. The molecule has 0 bridgehead atoms. The molecule has 0 aliphatic carbocycles. The first-order valence-corrected chi connectivity index (χ1v) is 12.9. The third-order valence-corrected chi connectivity index (χ3v) is 7.60. The first-order chi connectivity index (χ1) is 16.9. The van der Waals surface area contributed by atoms with Crippen molar-refractivity contribution in [3.8, 4) is 16.9 Å². The maximum Gasteiger partial charge on any atom is 0.359 e. The summed E-state index contributed by atoms with van der Waals surface area (Å²) in [7, 11) is -3.67. The minimum Gasteiger partial charge on any atom is -0.461 e. The summed E-state index contributed by atoms with van der Waals surface area (Å²) >= 11 is 0. The first kappa shape index (κ1) is 23.1. The van der Waals surface area contributed by atoms with Crippen molar-refractivity contribution in [1.82, 2.24) is 14.7 Å². The summed E-state index contributed by atoms with van der Waals surface area (Å²) in [6.07, 6.45) is 0. The number of anilines is 1. The van der Waals surface area contributed by atoms with E-state index in [4.69, 9.17) is 9.47 Å². The molecule has 2 aromatic carbocycles. The summed E-state index contributed by atoms with van der Waals surface area (Å²) in [6, 6.07) is 13.4. The van der Waals surface area contributed by atoms with Gasteiger partial charge in [-0.25, -0.2) is 22.7 Å². The topological polar surface area (TPSA) is 120 Å². The van der Waals surface area contributed by atoms with E-state index in [1.54, 1.807) is 65.0 Å². The number of nitrogens with zero attached hydrogens (tertiary/aromatic N) is 3. The molecule has 11 heteroatoms. The highest BCUT2D eigenvalue weighted by atomic mass is 32.2. The van der Waals surface area contributed by atoms with Gasteiger partial charge < -0.3 is 19.7 Å². The Balaban J connectivity index is 1.59. The highest BCUT2D eigenvalue weighted by Crippen LogP contribution is 2.40. The van der Waals surface area contributed by atoms with E-state index < -0.39 is 15.8 Å². The van der Waals surface area contributed by atoms with Gasteiger partial charge in [0.1, 0.15) is 0 Å². The van der Waals surface area contributed by atoms with E-state index in [0.29, 0.717) is 54.5 Å². The van der Waals surface area contributed by atoms with E-state index in [0.717, 1.165) is 0 Å². The summed E-state index contributed by atoms with van der Waals surface area (Å²) in [4.78, 5) is 27.2. The van der Waals surface area contributed by atoms with Crippen LogP contribution in [0.3, 0.4) is 0 Å². The molecule has 0 atom stereocenters. The lowest BCUT2D eigenvalue weighted by atomic mass is 10.1. The van der Waals surface area contributed by atoms with Gasteiger partial charge in [0.15, 0.2) is 15.5 Å². The molecular formula is C24H24N4O6S. The average molecular weight is 497 g/mol. The lowest BCUT2D eigenvalue weighted by Crippen LogP contribution is -2.43. The van der Waals surface area contributed by atoms with E-state index in [9.17, 15) is 18.0 Å². The Hall–Kier alpha value is -3.70. The number of urea groups is 1. The Kier molecular flexibility index (Phi) is 6.03. The Morgan fingerprint density at radius 3 is 2.66 bits per heavy atom. The van der Waals surface area contributed by atoms with Crippen LogP contribution >= 0.6 is 0 Å². The zero-order chi connectivity index (χ0) is 24.6. The number of amides is 2. The van der Waals surface area contributed by atoms with Crippen LogP contribution in [-0.4, -0.2) is 68.0 Å². The number of sulfone groups is 1. The van der Waals surface area contributed by atoms with Crippen molar-refractivity contribution >= 4 is 27.5 Å². The summed E-state index contributed by atoms with van der Waals surface area (Å²) in [6.45, 7) is 3.80. The minimum absolute atomic E-state index is 0.0392. The van der Waals surface area contributed by atoms with Crippen molar-refractivity contribution in [2.75, 3.05) is 38.2 Å². The van der Waals surface area contributed by atoms with E-state index in [1.165, 1.54) is 0 Å². The number of fused-ring (bicyclic) bond motifs is 3. The largest absolute Gasteiger partial charge is 0.461 e. The van der Waals surface area contributed by atoms with Crippen LogP contribution in [0.4, 0.5) is 10.5 Å². The predicted octanol–water partition coefficient (Wildman–Crippen LogP) is 2.87. The fourth-order valence-corrected chi connectivity index (χ4v) is 5.89. The number of carbonyl (C=O) groups excluding carboxylic acids is 2. The fraction of sp³-hybridized carbons (Fsp3) is 0.292. The Labute approximate surface area is 202 Å². The molecule has 1 aromatic heterocycles. The van der Waals surface area contributed by atoms with Gasteiger partial charge in [-0.1, -0.05) is 24.3 Å². The molecule has 5 rings (SSSR count). The highest BCUT2D eigenvalue weighted by molar-refractivity contribution is 7.90. The average Bonchev–Trinajstić information content (AvgIpc) is 3.24. The number of rotatable bonds is 4. The molecule has 1 saturated heterocycles. The Morgan fingerprint density at radius 2 is 1.89 bits per heavy atom. The smallest absolute Gasteiger partial charge is 0.359 e. The summed E-state index contributed by atoms with van der Waals surface area (Å²) < 4.78 is 38.0. The number of hydrogen-bond acceptors (Lipinski definition) is 7. The molecular weight excluding hydrogens is 472 g/mol. The van der Waals surface area contributed by atoms with Gasteiger partial charge in [-0.05, 0) is 31.2 Å². The first-order valence-electron chi connectivity index (χ1n) is 11.2. The van der Waals surface area contributed by atoms with Crippen LogP contribution in [-0.2, 0) is 25.1 Å². The van der Waals surface area contributed by atoms with Crippen LogP contribution in [0.1, 0.15) is 23.0 Å². The predicted molar refractivity (Wildman–Crippen MR) is 127 cm³/mol. The molecule has 0 radical (unpaired) electrons. The van der Waals surface area contributed by atoms with E-state index in [1.807, 2.05) is 0 Å². The summed E-state index contributed by atoms with van der Waals surface area (Å²) in [5.74, 6) is -1.05. The molecule has 2 aliphatic rings. The molecule has 3 aromatic rings. The highest BCUT2D eigenvalue weighted by Gasteiger charge is 2.36. The van der Waals surface area contributed by atoms with Gasteiger partial charge in [-0.3, -0.25) is 0 Å². The van der Waals surface area contributed by atoms with Crippen LogP contribution in [0.2, 0.25) is 0 Å². The molecule has 1 N–H and O–H groups in total. The van der Waals surface area contributed by atoms with Crippen molar-refractivity contribution in [1.29, 1.82) is 0 Å². The van der Waals surface area contributed by atoms with E-state index in [-0.39, 0.29) is 29.0 Å². The van der Waals surface area contributed by atoms with Gasteiger partial charge in [0.25, 0.3) is 0 Å². The third kappa shape index (κ3) is 4.28. The number of benzene rings is 2. The monoisotopic (exact) mass is 496 g/mol. The molecule has 0 spiro atoms. The van der Waals surface area contributed by atoms with Crippen LogP contribution in [0.5, 0.6) is 0 Å². The zero-order valence-corrected chi connectivity index (χ0v) is 19.9. The summed E-state index contributed by atoms with van der Waals surface area (Å²) in [5, 5.41) is 7.38. The Morgan fingerprint density at radius 1 is 1.11 bits per heavy atom. The lowest BCUT2D eigenvalue weighted by Gasteiger charge is -2.27. The SMILES string of the molecule is CCOC(=O)c1nn(-c2cccc(NC(=O)N3CCOCC3)c2)c2c1CS(=O)(=O)c1ccccc1-2. The molecule has 35 heavy (non-hydrogen) atoms. The number of carbonyl (C=O) groups is 2. The molecule has 2 aliphatic heterocycles. The van der Waals surface area contributed by atoms with E-state index >= 15 is 0 Å². The lowest BCUT2D eigenvalue weighted by molar-refractivity contribution is 0.0518. The van der Waals surface area contributed by atoms with Gasteiger partial charge >= 0.3 is 12.0 Å². The zero-order valence-electron chi connectivity index (χ0n) is 19.1. The number of ether oxygens (including phenoxy) is 2. The molecule has 3 heterocycles. The fourth-order valence-electron chi connectivity index (χ4n) is 4.30. The summed E-state index contributed by atoms with van der Waals surface area (Å²) in [5.41, 5.74) is 2.32. The van der Waals surface area contributed by atoms with Crippen molar-refractivity contribution in [3.05, 3.63) is 59.8 Å². The van der Waals surface area contributed by atoms with Crippen molar-refractivity contribution in [2.24, 2.45) is 0 Å². The molecule has 0 unspecified atom stereocenters. The maximum absolute atomic E-state index is 13.0. The van der Waals surface area contributed by atoms with Crippen molar-refractivity contribution in [2.45, 2.75) is 17.6 Å². The Bertz CT molecular complexity index is 1410. The van der Waals surface area contributed by atoms with Crippen molar-refractivity contribution < 1.29 is 27.5 Å². The number of nitrogens with one attached hydrogen (secondary N) is 1. The number of hydrogen-bond donors (Lipinski definition) is 1. The van der Waals surface area contributed by atoms with Crippen LogP contribution in [0.15, 0.2) is 53.4 Å². The van der Waals surface area contributed by atoms with Crippen LogP contribution in [0, 0.1) is 0 Å². The third-order valence-electron chi connectivity index (χ3n) is 5.90. The second-order valence-electron chi connectivity index (χ2n) is 8.14. The molecule has 10 nitrogen and oxygen atoms in total. The van der Waals surface area contributed by atoms with Crippen LogP contribution in [0.25, 0.3) is 16.9 Å². The van der Waals surface area contributed by atoms with E-state index in [2.05, 4.69) is 10.4 Å². The second kappa shape index (κ2) is 9.16. The van der Waals surface area contributed by atoms with Crippen molar-refractivity contribution in [3.63, 3.8) is 0 Å². The number of esters is 1. The molecule has 182 valence electrons. The number of aromatic nitrogens is 2. The minimum atomic E-state index is -3.67. The standard InChI is InChI=1S/C24H24N4O6S/c1-2-34-23(29)21-19-15-35(31,32)20-9-4-3-8-18(20)22(19)28(26-21)17-7-5-6-16(14-17)25-24(30)27-10-12-33-13-11-27/h3-9,14H,2,10-13,15H2,1H3,(H,25,30). The second-order valence-corrected chi connectivity index (χ2v) is 10.1. The maximum atomic E-state index is 13.0. The number of morpholine rings is 1. The normalized spacial score (nSPS) is 16.2. The van der Waals surface area contributed by atoms with Gasteiger partial charge in [-0.15, -0.1) is 0 Å². The van der Waals surface area contributed by atoms with Crippen LogP contribution < -0.4 is 5.32 Å². The molecule has 0 saturated carbocycles. The molecule has 2 amide bonds. The quantitative estimate of drug-likeness (QED) is 0.552. The van der Waals surface area contributed by atoms with Gasteiger partial charge in [0.2, 0.25) is 0 Å². The van der Waals surface area contributed by atoms with Gasteiger partial charge in [-0.2, -0.15) is 5.10 Å². The van der Waals surface area contributed by atoms with Gasteiger partial charge in [0, 0.05) is 29.9 Å².